The quantitative estimate of drug-likeness (QED) is 0.730. The maximum absolute atomic E-state index is 13.1. The SMILES string of the molecule is Cc1cc(F)cc2c1CC(C(=O)O)OC2=O. The first-order chi connectivity index (χ1) is 7.49. The van der Waals surface area contributed by atoms with Crippen LogP contribution in [0.4, 0.5) is 4.39 Å². The number of aryl methyl sites for hydroxylation is 1. The van der Waals surface area contributed by atoms with Crippen molar-refractivity contribution in [3.63, 3.8) is 0 Å². The predicted molar refractivity (Wildman–Crippen MR) is 51.7 cm³/mol. The van der Waals surface area contributed by atoms with Crippen LogP contribution in [-0.4, -0.2) is 23.1 Å². The summed E-state index contributed by atoms with van der Waals surface area (Å²) in [6.45, 7) is 1.64. The highest BCUT2D eigenvalue weighted by atomic mass is 19.1. The average Bonchev–Trinajstić information content (AvgIpc) is 2.19. The van der Waals surface area contributed by atoms with Crippen LogP contribution in [0, 0.1) is 12.7 Å². The molecule has 0 saturated carbocycles. The van der Waals surface area contributed by atoms with Crippen molar-refractivity contribution in [3.05, 3.63) is 34.6 Å². The van der Waals surface area contributed by atoms with Crippen molar-refractivity contribution >= 4 is 11.9 Å². The van der Waals surface area contributed by atoms with Crippen molar-refractivity contribution in [2.24, 2.45) is 0 Å². The number of ether oxygens (including phenoxy) is 1. The van der Waals surface area contributed by atoms with Gasteiger partial charge in [-0.25, -0.2) is 14.0 Å². The topological polar surface area (TPSA) is 63.6 Å². The minimum absolute atomic E-state index is 0.0858. The fourth-order valence-corrected chi connectivity index (χ4v) is 1.78. The van der Waals surface area contributed by atoms with E-state index in [4.69, 9.17) is 5.11 Å². The zero-order valence-corrected chi connectivity index (χ0v) is 8.49. The van der Waals surface area contributed by atoms with Crippen LogP contribution in [0.5, 0.6) is 0 Å². The molecule has 2 rings (SSSR count). The highest BCUT2D eigenvalue weighted by Gasteiger charge is 2.32. The lowest BCUT2D eigenvalue weighted by Gasteiger charge is -2.23. The summed E-state index contributed by atoms with van der Waals surface area (Å²) in [7, 11) is 0. The van der Waals surface area contributed by atoms with Crippen molar-refractivity contribution in [3.8, 4) is 0 Å². The first-order valence-corrected chi connectivity index (χ1v) is 4.72. The molecule has 0 bridgehead atoms. The lowest BCUT2D eigenvalue weighted by Crippen LogP contribution is -2.34. The van der Waals surface area contributed by atoms with Gasteiger partial charge in [-0.3, -0.25) is 0 Å². The largest absolute Gasteiger partial charge is 0.478 e. The molecule has 0 spiro atoms. The van der Waals surface area contributed by atoms with Gasteiger partial charge in [0.1, 0.15) is 5.82 Å². The number of esters is 1. The first-order valence-electron chi connectivity index (χ1n) is 4.72. The van der Waals surface area contributed by atoms with Gasteiger partial charge in [-0.05, 0) is 30.2 Å². The van der Waals surface area contributed by atoms with Gasteiger partial charge in [0.05, 0.1) is 5.56 Å². The van der Waals surface area contributed by atoms with E-state index in [1.807, 2.05) is 0 Å². The van der Waals surface area contributed by atoms with Gasteiger partial charge in [-0.2, -0.15) is 0 Å². The molecular weight excluding hydrogens is 215 g/mol. The number of carbonyl (C=O) groups is 2. The molecule has 0 aromatic heterocycles. The van der Waals surface area contributed by atoms with E-state index in [0.29, 0.717) is 11.1 Å². The molecule has 1 aromatic carbocycles. The molecule has 16 heavy (non-hydrogen) atoms. The highest BCUT2D eigenvalue weighted by molar-refractivity contribution is 5.95. The molecule has 4 nitrogen and oxygen atoms in total. The number of carboxylic acids is 1. The van der Waals surface area contributed by atoms with E-state index in [1.54, 1.807) is 6.92 Å². The summed E-state index contributed by atoms with van der Waals surface area (Å²) in [5.41, 5.74) is 1.23. The molecule has 0 saturated heterocycles. The van der Waals surface area contributed by atoms with Gasteiger partial charge >= 0.3 is 11.9 Å². The minimum Gasteiger partial charge on any atom is -0.478 e. The van der Waals surface area contributed by atoms with Gasteiger partial charge in [0.25, 0.3) is 0 Å². The third-order valence-corrected chi connectivity index (χ3v) is 2.57. The van der Waals surface area contributed by atoms with Crippen LogP contribution in [0.1, 0.15) is 21.5 Å². The second-order valence-corrected chi connectivity index (χ2v) is 3.69. The zero-order valence-electron chi connectivity index (χ0n) is 8.49. The Hall–Kier alpha value is -1.91. The Morgan fingerprint density at radius 1 is 1.56 bits per heavy atom. The fourth-order valence-electron chi connectivity index (χ4n) is 1.78. The van der Waals surface area contributed by atoms with Gasteiger partial charge < -0.3 is 9.84 Å². The highest BCUT2D eigenvalue weighted by Crippen LogP contribution is 2.25. The molecule has 0 radical (unpaired) electrons. The molecular formula is C11H9FO4. The molecule has 1 N–H and O–H groups in total. The number of rotatable bonds is 1. The van der Waals surface area contributed by atoms with Crippen LogP contribution >= 0.6 is 0 Å². The normalized spacial score (nSPS) is 18.9. The number of hydrogen-bond donors (Lipinski definition) is 1. The molecule has 5 heteroatoms. The van der Waals surface area contributed by atoms with Gasteiger partial charge in [0, 0.05) is 6.42 Å². The monoisotopic (exact) mass is 224 g/mol. The molecule has 84 valence electrons. The van der Waals surface area contributed by atoms with Gasteiger partial charge in [-0.1, -0.05) is 0 Å². The van der Waals surface area contributed by atoms with Crippen molar-refractivity contribution in [2.75, 3.05) is 0 Å². The van der Waals surface area contributed by atoms with Crippen molar-refractivity contribution in [2.45, 2.75) is 19.4 Å². The standard InChI is InChI=1S/C11H9FO4/c1-5-2-6(12)3-8-7(5)4-9(10(13)14)16-11(8)15/h2-3,9H,4H2,1H3,(H,13,14). The van der Waals surface area contributed by atoms with Crippen LogP contribution in [0.3, 0.4) is 0 Å². The minimum atomic E-state index is -1.19. The second kappa shape index (κ2) is 3.59. The lowest BCUT2D eigenvalue weighted by molar-refractivity contribution is -0.147. The molecule has 0 fully saturated rings. The Labute approximate surface area is 90.6 Å². The Bertz CT molecular complexity index is 481. The Balaban J connectivity index is 2.50. The van der Waals surface area contributed by atoms with Gasteiger partial charge in [-0.15, -0.1) is 0 Å². The molecule has 1 unspecified atom stereocenters. The van der Waals surface area contributed by atoms with Crippen LogP contribution in [-0.2, 0) is 16.0 Å². The van der Waals surface area contributed by atoms with Crippen molar-refractivity contribution in [1.82, 2.24) is 0 Å². The van der Waals surface area contributed by atoms with Gasteiger partial charge in [0.15, 0.2) is 0 Å². The molecule has 0 aliphatic carbocycles. The molecule has 1 aliphatic heterocycles. The molecule has 1 aliphatic rings. The maximum atomic E-state index is 13.1. The van der Waals surface area contributed by atoms with E-state index in [-0.39, 0.29) is 12.0 Å². The number of cyclic esters (lactones) is 1. The van der Waals surface area contributed by atoms with Crippen LogP contribution in [0.25, 0.3) is 0 Å². The number of carboxylic acid groups (broad SMARTS) is 1. The summed E-state index contributed by atoms with van der Waals surface area (Å²) < 4.78 is 17.7. The Morgan fingerprint density at radius 3 is 2.88 bits per heavy atom. The fraction of sp³-hybridized carbons (Fsp3) is 0.273. The smallest absolute Gasteiger partial charge is 0.345 e. The van der Waals surface area contributed by atoms with E-state index < -0.39 is 23.9 Å². The summed E-state index contributed by atoms with van der Waals surface area (Å²) >= 11 is 0. The van der Waals surface area contributed by atoms with Crippen LogP contribution in [0.2, 0.25) is 0 Å². The molecule has 1 atom stereocenters. The number of benzene rings is 1. The third kappa shape index (κ3) is 1.64. The van der Waals surface area contributed by atoms with Crippen molar-refractivity contribution < 1.29 is 23.8 Å². The first kappa shape index (κ1) is 10.6. The van der Waals surface area contributed by atoms with Crippen molar-refractivity contribution in [1.29, 1.82) is 0 Å². The maximum Gasteiger partial charge on any atom is 0.345 e. The summed E-state index contributed by atoms with van der Waals surface area (Å²) in [6.07, 6.45) is -1.09. The van der Waals surface area contributed by atoms with E-state index in [0.717, 1.165) is 6.07 Å². The lowest BCUT2D eigenvalue weighted by atomic mass is 9.94. The van der Waals surface area contributed by atoms with E-state index in [1.165, 1.54) is 6.07 Å². The predicted octanol–water partition coefficient (Wildman–Crippen LogP) is 1.30. The summed E-state index contributed by atoms with van der Waals surface area (Å²) in [5.74, 6) is -2.50. The summed E-state index contributed by atoms with van der Waals surface area (Å²) in [5, 5.41) is 8.78. The second-order valence-electron chi connectivity index (χ2n) is 3.69. The van der Waals surface area contributed by atoms with E-state index in [2.05, 4.69) is 4.74 Å². The molecule has 1 heterocycles. The van der Waals surface area contributed by atoms with Crippen LogP contribution in [0.15, 0.2) is 12.1 Å². The summed E-state index contributed by atoms with van der Waals surface area (Å²) in [6, 6.07) is 2.35. The molecule has 0 amide bonds. The number of aliphatic carboxylic acids is 1. The Morgan fingerprint density at radius 2 is 2.25 bits per heavy atom. The van der Waals surface area contributed by atoms with E-state index in [9.17, 15) is 14.0 Å². The number of carbonyl (C=O) groups excluding carboxylic acids is 1. The molecule has 1 aromatic rings. The Kier molecular flexibility index (Phi) is 2.38. The average molecular weight is 224 g/mol. The summed E-state index contributed by atoms with van der Waals surface area (Å²) in [4.78, 5) is 22.2. The van der Waals surface area contributed by atoms with Gasteiger partial charge in [0.2, 0.25) is 6.10 Å². The van der Waals surface area contributed by atoms with Crippen LogP contribution < -0.4 is 0 Å². The zero-order chi connectivity index (χ0) is 11.9. The third-order valence-electron chi connectivity index (χ3n) is 2.57. The van der Waals surface area contributed by atoms with E-state index >= 15 is 0 Å². The number of fused-ring (bicyclic) bond motifs is 1. The number of hydrogen-bond acceptors (Lipinski definition) is 3. The number of halogens is 1.